The van der Waals surface area contributed by atoms with E-state index in [2.05, 4.69) is 5.32 Å². The molecule has 3 amide bonds. The predicted molar refractivity (Wildman–Crippen MR) is 119 cm³/mol. The second kappa shape index (κ2) is 10.9. The van der Waals surface area contributed by atoms with Crippen LogP contribution >= 0.6 is 23.5 Å². The van der Waals surface area contributed by atoms with Crippen LogP contribution in [0.5, 0.6) is 0 Å². The van der Waals surface area contributed by atoms with E-state index >= 15 is 0 Å². The fraction of sp³-hybridized carbons (Fsp3) is 0.227. The van der Waals surface area contributed by atoms with Gasteiger partial charge in [-0.15, -0.1) is 11.8 Å². The van der Waals surface area contributed by atoms with Crippen LogP contribution in [0.15, 0.2) is 70.5 Å². The van der Waals surface area contributed by atoms with Gasteiger partial charge in [-0.3, -0.25) is 19.3 Å². The van der Waals surface area contributed by atoms with Gasteiger partial charge in [0.15, 0.2) is 0 Å². The third-order valence-corrected chi connectivity index (χ3v) is 6.19. The zero-order valence-electron chi connectivity index (χ0n) is 15.9. The number of hydrogen-bond donors (Lipinski definition) is 1. The van der Waals surface area contributed by atoms with E-state index in [1.807, 2.05) is 60.7 Å². The molecule has 1 aliphatic heterocycles. The molecule has 2 aromatic carbocycles. The number of imide groups is 1. The molecule has 2 aromatic rings. The number of benzene rings is 2. The SMILES string of the molecule is O=C(CCCSc1ccccc1)NCCN1C(=O)SC(=Cc2ccccc2)C1=O. The van der Waals surface area contributed by atoms with E-state index in [9.17, 15) is 14.4 Å². The first kappa shape index (κ1) is 21.2. The molecule has 0 aromatic heterocycles. The van der Waals surface area contributed by atoms with Crippen LogP contribution in [0.3, 0.4) is 0 Å². The van der Waals surface area contributed by atoms with Gasteiger partial charge in [0.1, 0.15) is 0 Å². The van der Waals surface area contributed by atoms with Crippen LogP contribution in [0.4, 0.5) is 4.79 Å². The molecule has 1 saturated heterocycles. The van der Waals surface area contributed by atoms with Crippen molar-refractivity contribution in [1.29, 1.82) is 0 Å². The fourth-order valence-electron chi connectivity index (χ4n) is 2.73. The lowest BCUT2D eigenvalue weighted by Gasteiger charge is -2.13. The van der Waals surface area contributed by atoms with Crippen molar-refractivity contribution in [2.24, 2.45) is 0 Å². The molecule has 0 bridgehead atoms. The Morgan fingerprint density at radius 1 is 1.03 bits per heavy atom. The van der Waals surface area contributed by atoms with Gasteiger partial charge in [0.05, 0.1) is 4.91 Å². The molecule has 1 heterocycles. The van der Waals surface area contributed by atoms with Gasteiger partial charge in [-0.05, 0) is 47.7 Å². The van der Waals surface area contributed by atoms with Gasteiger partial charge >= 0.3 is 0 Å². The quantitative estimate of drug-likeness (QED) is 0.365. The third kappa shape index (κ3) is 6.51. The summed E-state index contributed by atoms with van der Waals surface area (Å²) in [6.07, 6.45) is 2.91. The van der Waals surface area contributed by atoms with Crippen molar-refractivity contribution in [3.8, 4) is 0 Å². The van der Waals surface area contributed by atoms with Crippen molar-refractivity contribution < 1.29 is 14.4 Å². The Labute approximate surface area is 178 Å². The van der Waals surface area contributed by atoms with E-state index in [1.165, 1.54) is 9.80 Å². The van der Waals surface area contributed by atoms with Crippen LogP contribution in [0.2, 0.25) is 0 Å². The molecule has 3 rings (SSSR count). The Morgan fingerprint density at radius 3 is 2.45 bits per heavy atom. The second-order valence-electron chi connectivity index (χ2n) is 6.36. The Kier molecular flexibility index (Phi) is 7.95. The van der Waals surface area contributed by atoms with Crippen molar-refractivity contribution in [3.63, 3.8) is 0 Å². The lowest BCUT2D eigenvalue weighted by molar-refractivity contribution is -0.124. The van der Waals surface area contributed by atoms with Crippen molar-refractivity contribution in [3.05, 3.63) is 71.1 Å². The lowest BCUT2D eigenvalue weighted by Crippen LogP contribution is -2.37. The smallest absolute Gasteiger partial charge is 0.293 e. The number of carbonyl (C=O) groups excluding carboxylic acids is 3. The number of nitrogens with zero attached hydrogens (tertiary/aromatic N) is 1. The van der Waals surface area contributed by atoms with Gasteiger partial charge in [-0.25, -0.2) is 0 Å². The summed E-state index contributed by atoms with van der Waals surface area (Å²) in [5.74, 6) is 0.493. The van der Waals surface area contributed by atoms with Gasteiger partial charge in [0.2, 0.25) is 5.91 Å². The maximum absolute atomic E-state index is 12.4. The third-order valence-electron chi connectivity index (χ3n) is 4.19. The maximum Gasteiger partial charge on any atom is 0.293 e. The molecule has 0 unspecified atom stereocenters. The standard InChI is InChI=1S/C22H22N2O3S2/c25-20(12-7-15-28-18-10-5-2-6-11-18)23-13-14-24-21(26)19(29-22(24)27)16-17-8-3-1-4-9-17/h1-6,8-11,16H,7,12-15H2,(H,23,25). The Morgan fingerprint density at radius 2 is 1.72 bits per heavy atom. The molecule has 7 heteroatoms. The molecule has 0 radical (unpaired) electrons. The van der Waals surface area contributed by atoms with Crippen LogP contribution in [-0.4, -0.2) is 40.8 Å². The zero-order valence-corrected chi connectivity index (χ0v) is 17.5. The first-order valence-corrected chi connectivity index (χ1v) is 11.2. The highest BCUT2D eigenvalue weighted by Gasteiger charge is 2.34. The molecule has 150 valence electrons. The molecule has 1 aliphatic rings. The van der Waals surface area contributed by atoms with Gasteiger partial charge in [-0.1, -0.05) is 48.5 Å². The van der Waals surface area contributed by atoms with Crippen LogP contribution in [-0.2, 0) is 9.59 Å². The summed E-state index contributed by atoms with van der Waals surface area (Å²) in [7, 11) is 0. The van der Waals surface area contributed by atoms with Crippen LogP contribution in [0.25, 0.3) is 6.08 Å². The van der Waals surface area contributed by atoms with Crippen LogP contribution in [0, 0.1) is 0 Å². The summed E-state index contributed by atoms with van der Waals surface area (Å²) in [5.41, 5.74) is 0.875. The monoisotopic (exact) mass is 426 g/mol. The molecule has 5 nitrogen and oxygen atoms in total. The molecule has 1 fully saturated rings. The molecule has 29 heavy (non-hydrogen) atoms. The number of hydrogen-bond acceptors (Lipinski definition) is 5. The molecular weight excluding hydrogens is 404 g/mol. The highest BCUT2D eigenvalue weighted by Crippen LogP contribution is 2.31. The Bertz CT molecular complexity index is 885. The topological polar surface area (TPSA) is 66.5 Å². The van der Waals surface area contributed by atoms with Crippen LogP contribution in [0.1, 0.15) is 18.4 Å². The average molecular weight is 427 g/mol. The van der Waals surface area contributed by atoms with Crippen LogP contribution < -0.4 is 5.32 Å². The van der Waals surface area contributed by atoms with Gasteiger partial charge < -0.3 is 5.32 Å². The Balaban J connectivity index is 1.37. The number of carbonyl (C=O) groups is 3. The second-order valence-corrected chi connectivity index (χ2v) is 8.52. The lowest BCUT2D eigenvalue weighted by atomic mass is 10.2. The van der Waals surface area contributed by atoms with Crippen molar-refractivity contribution in [1.82, 2.24) is 10.2 Å². The summed E-state index contributed by atoms with van der Waals surface area (Å²) in [6, 6.07) is 19.5. The summed E-state index contributed by atoms with van der Waals surface area (Å²) >= 11 is 2.65. The largest absolute Gasteiger partial charge is 0.354 e. The normalized spacial score (nSPS) is 15.2. The number of amides is 3. The van der Waals surface area contributed by atoms with Crippen molar-refractivity contribution >= 4 is 46.7 Å². The molecule has 1 N–H and O–H groups in total. The summed E-state index contributed by atoms with van der Waals surface area (Å²) in [5, 5.41) is 2.49. The number of rotatable bonds is 9. The molecule has 0 spiro atoms. The summed E-state index contributed by atoms with van der Waals surface area (Å²) in [4.78, 5) is 39.3. The molecule has 0 atom stereocenters. The fourth-order valence-corrected chi connectivity index (χ4v) is 4.47. The summed E-state index contributed by atoms with van der Waals surface area (Å²) < 4.78 is 0. The maximum atomic E-state index is 12.4. The average Bonchev–Trinajstić information content (AvgIpc) is 3.00. The van der Waals surface area contributed by atoms with E-state index in [0.29, 0.717) is 11.3 Å². The number of thioether (sulfide) groups is 2. The molecular formula is C22H22N2O3S2. The predicted octanol–water partition coefficient (Wildman–Crippen LogP) is 4.41. The first-order chi connectivity index (χ1) is 14.1. The molecule has 0 aliphatic carbocycles. The zero-order chi connectivity index (χ0) is 20.5. The van der Waals surface area contributed by atoms with E-state index in [0.717, 1.165) is 29.5 Å². The highest BCUT2D eigenvalue weighted by atomic mass is 32.2. The van der Waals surface area contributed by atoms with E-state index in [1.54, 1.807) is 17.8 Å². The minimum Gasteiger partial charge on any atom is -0.354 e. The Hall–Kier alpha value is -2.51. The van der Waals surface area contributed by atoms with E-state index in [-0.39, 0.29) is 30.1 Å². The first-order valence-electron chi connectivity index (χ1n) is 9.38. The van der Waals surface area contributed by atoms with Crippen molar-refractivity contribution in [2.75, 3.05) is 18.8 Å². The summed E-state index contributed by atoms with van der Waals surface area (Å²) in [6.45, 7) is 0.447. The van der Waals surface area contributed by atoms with E-state index in [4.69, 9.17) is 0 Å². The van der Waals surface area contributed by atoms with Gasteiger partial charge in [0, 0.05) is 24.4 Å². The number of nitrogens with one attached hydrogen (secondary N) is 1. The molecule has 0 saturated carbocycles. The van der Waals surface area contributed by atoms with E-state index < -0.39 is 0 Å². The van der Waals surface area contributed by atoms with Gasteiger partial charge in [-0.2, -0.15) is 0 Å². The highest BCUT2D eigenvalue weighted by molar-refractivity contribution is 8.18. The van der Waals surface area contributed by atoms with Gasteiger partial charge in [0.25, 0.3) is 11.1 Å². The minimum absolute atomic E-state index is 0.0644. The minimum atomic E-state index is -0.308. The van der Waals surface area contributed by atoms with Crippen molar-refractivity contribution in [2.45, 2.75) is 17.7 Å².